The van der Waals surface area contributed by atoms with Crippen LogP contribution in [-0.4, -0.2) is 19.1 Å². The number of para-hydroxylation sites is 3. The highest BCUT2D eigenvalue weighted by molar-refractivity contribution is 7.26. The number of hydrogen-bond donors (Lipinski definition) is 0. The van der Waals surface area contributed by atoms with E-state index >= 15 is 0 Å². The van der Waals surface area contributed by atoms with Crippen molar-refractivity contribution in [2.75, 3.05) is 0 Å². The largest absolute Gasteiger partial charge is 0.307 e. The third-order valence-electron chi connectivity index (χ3n) is 9.91. The second-order valence-corrected chi connectivity index (χ2v) is 13.6. The molecule has 4 aromatic heterocycles. The Morgan fingerprint density at radius 1 is 0.429 bits per heavy atom. The van der Waals surface area contributed by atoms with Crippen molar-refractivity contribution >= 4 is 86.0 Å². The lowest BCUT2D eigenvalue weighted by atomic mass is 9.98. The normalized spacial score (nSPS) is 12.1. The smallest absolute Gasteiger partial charge is 0.235 e. The number of fused-ring (bicyclic) bond motifs is 13. The highest BCUT2D eigenvalue weighted by Gasteiger charge is 2.26. The molecule has 0 saturated carbocycles. The van der Waals surface area contributed by atoms with Crippen molar-refractivity contribution in [2.24, 2.45) is 0 Å². The van der Waals surface area contributed by atoms with Crippen LogP contribution in [0.15, 0.2) is 158 Å². The van der Waals surface area contributed by atoms with Gasteiger partial charge in [-0.15, -0.1) is 11.3 Å². The highest BCUT2D eigenvalue weighted by Crippen LogP contribution is 2.47. The van der Waals surface area contributed by atoms with Gasteiger partial charge >= 0.3 is 0 Å². The summed E-state index contributed by atoms with van der Waals surface area (Å²) in [5, 5.41) is 8.46. The van der Waals surface area contributed by atoms with Crippen molar-refractivity contribution < 1.29 is 0 Å². The van der Waals surface area contributed by atoms with Gasteiger partial charge in [0.2, 0.25) is 5.95 Å². The van der Waals surface area contributed by atoms with Crippen LogP contribution < -0.4 is 0 Å². The van der Waals surface area contributed by atoms with Crippen LogP contribution >= 0.6 is 11.3 Å². The Morgan fingerprint density at radius 3 is 1.61 bits per heavy atom. The lowest BCUT2D eigenvalue weighted by Gasteiger charge is -2.14. The van der Waals surface area contributed by atoms with Crippen LogP contribution in [0.3, 0.4) is 0 Å². The molecule has 49 heavy (non-hydrogen) atoms. The minimum absolute atomic E-state index is 0.669. The first-order chi connectivity index (χ1) is 24.3. The van der Waals surface area contributed by atoms with Gasteiger partial charge in [0.05, 0.1) is 38.0 Å². The summed E-state index contributed by atoms with van der Waals surface area (Å²) in [4.78, 5) is 11.0. The maximum absolute atomic E-state index is 5.51. The fourth-order valence-electron chi connectivity index (χ4n) is 7.92. The molecule has 0 amide bonds. The molecule has 5 heteroatoms. The summed E-state index contributed by atoms with van der Waals surface area (Å²) < 4.78 is 7.08. The number of thiophene rings is 1. The van der Waals surface area contributed by atoms with Gasteiger partial charge in [0.25, 0.3) is 0 Å². The van der Waals surface area contributed by atoms with E-state index in [1.54, 1.807) is 11.3 Å². The van der Waals surface area contributed by atoms with Crippen LogP contribution in [0.1, 0.15) is 0 Å². The fraction of sp³-hybridized carbons (Fsp3) is 0. The molecule has 4 nitrogen and oxygen atoms in total. The van der Waals surface area contributed by atoms with Gasteiger partial charge in [0, 0.05) is 42.9 Å². The maximum atomic E-state index is 5.51. The summed E-state index contributed by atoms with van der Waals surface area (Å²) in [6.07, 6.45) is 0. The molecule has 11 aromatic rings. The average Bonchev–Trinajstić information content (AvgIpc) is 3.83. The second-order valence-electron chi connectivity index (χ2n) is 12.5. The Morgan fingerprint density at radius 2 is 0.939 bits per heavy atom. The molecule has 0 aliphatic carbocycles. The van der Waals surface area contributed by atoms with Crippen LogP contribution in [0.5, 0.6) is 0 Å². The molecule has 0 fully saturated rings. The lowest BCUT2D eigenvalue weighted by molar-refractivity contribution is 1.02. The van der Waals surface area contributed by atoms with Gasteiger partial charge in [-0.2, -0.15) is 0 Å². The third kappa shape index (κ3) is 3.68. The van der Waals surface area contributed by atoms with Crippen LogP contribution in [0.2, 0.25) is 0 Å². The van der Waals surface area contributed by atoms with Crippen LogP contribution in [0.25, 0.3) is 97.6 Å². The zero-order valence-electron chi connectivity index (χ0n) is 26.2. The molecule has 0 saturated heterocycles. The Balaban J connectivity index is 1.43. The zero-order valence-corrected chi connectivity index (χ0v) is 27.0. The summed E-state index contributed by atoms with van der Waals surface area (Å²) in [6.45, 7) is 0. The Kier molecular flexibility index (Phi) is 5.51. The molecule has 0 bridgehead atoms. The number of rotatable bonds is 3. The SMILES string of the molecule is c1ccc(-c2nc(-n3c4ccccc4c4c5ccccc5c5c6ccccc6n(-c6ccccc6)c5c43)nc3c2sc2ccccc23)cc1. The van der Waals surface area contributed by atoms with Crippen molar-refractivity contribution in [2.45, 2.75) is 0 Å². The van der Waals surface area contributed by atoms with Gasteiger partial charge in [-0.3, -0.25) is 4.57 Å². The molecular weight excluding hydrogens is 617 g/mol. The van der Waals surface area contributed by atoms with Crippen LogP contribution in [0, 0.1) is 0 Å². The van der Waals surface area contributed by atoms with Crippen molar-refractivity contribution in [3.8, 4) is 22.9 Å². The van der Waals surface area contributed by atoms with E-state index in [1.165, 1.54) is 42.5 Å². The first kappa shape index (κ1) is 26.7. The van der Waals surface area contributed by atoms with Crippen LogP contribution in [-0.2, 0) is 0 Å². The average molecular weight is 643 g/mol. The monoisotopic (exact) mass is 642 g/mol. The molecule has 7 aromatic carbocycles. The van der Waals surface area contributed by atoms with Crippen molar-refractivity contribution in [1.82, 2.24) is 19.1 Å². The van der Waals surface area contributed by atoms with E-state index in [1.807, 2.05) is 0 Å². The van der Waals surface area contributed by atoms with E-state index < -0.39 is 0 Å². The van der Waals surface area contributed by atoms with Crippen molar-refractivity contribution in [3.05, 3.63) is 158 Å². The summed E-state index contributed by atoms with van der Waals surface area (Å²) >= 11 is 1.77. The maximum Gasteiger partial charge on any atom is 0.235 e. The molecule has 11 rings (SSSR count). The quantitative estimate of drug-likeness (QED) is 0.192. The molecule has 0 unspecified atom stereocenters. The molecule has 0 radical (unpaired) electrons. The van der Waals surface area contributed by atoms with E-state index in [4.69, 9.17) is 9.97 Å². The topological polar surface area (TPSA) is 35.6 Å². The van der Waals surface area contributed by atoms with Gasteiger partial charge in [0.15, 0.2) is 0 Å². The number of aromatic nitrogens is 4. The van der Waals surface area contributed by atoms with E-state index in [0.717, 1.165) is 49.1 Å². The predicted molar refractivity (Wildman–Crippen MR) is 207 cm³/mol. The Labute approximate surface area is 284 Å². The minimum atomic E-state index is 0.669. The van der Waals surface area contributed by atoms with Crippen LogP contribution in [0.4, 0.5) is 0 Å². The lowest BCUT2D eigenvalue weighted by Crippen LogP contribution is -2.04. The molecule has 0 aliphatic rings. The summed E-state index contributed by atoms with van der Waals surface area (Å²) in [7, 11) is 0. The second kappa shape index (κ2) is 10.1. The molecule has 0 spiro atoms. The Bertz CT molecular complexity index is 3100. The van der Waals surface area contributed by atoms with Gasteiger partial charge in [-0.05, 0) is 41.1 Å². The standard InChI is InChI=1S/C44H26N4S/c1-3-15-27(16-4-1)39-43-40(33-23-11-14-26-36(33)49-43)46-44(45-39)48-35-25-13-10-22-32(35)38-30-20-8-7-19-29(30)37-31-21-9-12-24-34(31)47(41(37)42(38)48)28-17-5-2-6-18-28/h1-26H. The minimum Gasteiger partial charge on any atom is -0.307 e. The first-order valence-corrected chi connectivity index (χ1v) is 17.3. The molecule has 228 valence electrons. The predicted octanol–water partition coefficient (Wildman–Crippen LogP) is 11.9. The third-order valence-corrected chi connectivity index (χ3v) is 11.1. The Hall–Kier alpha value is -6.30. The van der Waals surface area contributed by atoms with Gasteiger partial charge in [-0.1, -0.05) is 127 Å². The molecule has 0 atom stereocenters. The van der Waals surface area contributed by atoms with Crippen molar-refractivity contribution in [3.63, 3.8) is 0 Å². The molecule has 4 heterocycles. The van der Waals surface area contributed by atoms with E-state index in [2.05, 4.69) is 167 Å². The van der Waals surface area contributed by atoms with E-state index in [0.29, 0.717) is 5.95 Å². The fourth-order valence-corrected chi connectivity index (χ4v) is 9.07. The van der Waals surface area contributed by atoms with Gasteiger partial charge < -0.3 is 4.57 Å². The highest BCUT2D eigenvalue weighted by atomic mass is 32.1. The summed E-state index contributed by atoms with van der Waals surface area (Å²) in [5.74, 6) is 0.669. The van der Waals surface area contributed by atoms with E-state index in [-0.39, 0.29) is 0 Å². The molecular formula is C44H26N4S. The number of hydrogen-bond acceptors (Lipinski definition) is 3. The number of nitrogens with zero attached hydrogens (tertiary/aromatic N) is 4. The first-order valence-electron chi connectivity index (χ1n) is 16.5. The summed E-state index contributed by atoms with van der Waals surface area (Å²) in [6, 6.07) is 56.2. The summed E-state index contributed by atoms with van der Waals surface area (Å²) in [5.41, 5.74) is 8.64. The molecule has 0 aliphatic heterocycles. The van der Waals surface area contributed by atoms with Gasteiger partial charge in [-0.25, -0.2) is 9.97 Å². The van der Waals surface area contributed by atoms with Gasteiger partial charge in [0.1, 0.15) is 0 Å². The number of benzene rings is 7. The zero-order chi connectivity index (χ0) is 32.1. The van der Waals surface area contributed by atoms with E-state index in [9.17, 15) is 0 Å². The van der Waals surface area contributed by atoms with Crippen molar-refractivity contribution in [1.29, 1.82) is 0 Å². The molecule has 0 N–H and O–H groups in total.